The van der Waals surface area contributed by atoms with Gasteiger partial charge in [-0.05, 0) is 43.7 Å². The van der Waals surface area contributed by atoms with Crippen LogP contribution in [0.3, 0.4) is 0 Å². The molecule has 3 aliphatic heterocycles. The van der Waals surface area contributed by atoms with E-state index in [4.69, 9.17) is 0 Å². The number of aryl methyl sites for hydroxylation is 1. The standard InChI is InChI=1S/C17H20N4O2S/c1-12-7-8-18-17(19-12)20-10-14-9-15(11-20)21(14)13-3-5-16(6-4-13)24(2,22)23/h3-8,14-15H,9-11H2,1-2H3. The number of piperazine rings is 1. The molecule has 2 atom stereocenters. The number of benzene rings is 1. The maximum Gasteiger partial charge on any atom is 0.225 e. The smallest absolute Gasteiger partial charge is 0.225 e. The second kappa shape index (κ2) is 5.44. The number of fused-ring (bicyclic) bond motifs is 2. The Hall–Kier alpha value is -2.15. The Balaban J connectivity index is 1.51. The minimum Gasteiger partial charge on any atom is -0.362 e. The van der Waals surface area contributed by atoms with E-state index >= 15 is 0 Å². The molecular formula is C17H20N4O2S. The van der Waals surface area contributed by atoms with Gasteiger partial charge in [0, 0.05) is 49.0 Å². The van der Waals surface area contributed by atoms with Gasteiger partial charge in [0.2, 0.25) is 5.95 Å². The van der Waals surface area contributed by atoms with Crippen LogP contribution in [0.5, 0.6) is 0 Å². The summed E-state index contributed by atoms with van der Waals surface area (Å²) in [6.07, 6.45) is 4.20. The van der Waals surface area contributed by atoms with Crippen LogP contribution in [-0.2, 0) is 9.84 Å². The van der Waals surface area contributed by atoms with Crippen molar-refractivity contribution in [3.8, 4) is 0 Å². The molecule has 1 aromatic heterocycles. The first kappa shape index (κ1) is 15.4. The molecule has 3 aliphatic rings. The van der Waals surface area contributed by atoms with Crippen molar-refractivity contribution in [2.24, 2.45) is 0 Å². The van der Waals surface area contributed by atoms with Gasteiger partial charge in [-0.3, -0.25) is 0 Å². The number of aromatic nitrogens is 2. The van der Waals surface area contributed by atoms with E-state index < -0.39 is 9.84 Å². The molecule has 0 radical (unpaired) electrons. The molecule has 1 aromatic carbocycles. The van der Waals surface area contributed by atoms with Gasteiger partial charge in [-0.1, -0.05) is 0 Å². The highest BCUT2D eigenvalue weighted by atomic mass is 32.2. The summed E-state index contributed by atoms with van der Waals surface area (Å²) in [4.78, 5) is 13.9. The van der Waals surface area contributed by atoms with Crippen molar-refractivity contribution in [2.75, 3.05) is 29.1 Å². The third-order valence-electron chi connectivity index (χ3n) is 4.82. The molecule has 7 heteroatoms. The third kappa shape index (κ3) is 2.62. The van der Waals surface area contributed by atoms with E-state index in [-0.39, 0.29) is 0 Å². The van der Waals surface area contributed by atoms with E-state index in [1.807, 2.05) is 25.1 Å². The predicted molar refractivity (Wildman–Crippen MR) is 93.2 cm³/mol. The average molecular weight is 344 g/mol. The lowest BCUT2D eigenvalue weighted by Crippen LogP contribution is -2.69. The lowest BCUT2D eigenvalue weighted by molar-refractivity contribution is 0.289. The molecule has 126 valence electrons. The molecule has 2 aromatic rings. The van der Waals surface area contributed by atoms with Crippen LogP contribution in [0.4, 0.5) is 11.6 Å². The van der Waals surface area contributed by atoms with Crippen LogP contribution in [0.1, 0.15) is 12.1 Å². The van der Waals surface area contributed by atoms with Crippen molar-refractivity contribution < 1.29 is 8.42 Å². The highest BCUT2D eigenvalue weighted by Gasteiger charge is 2.45. The van der Waals surface area contributed by atoms with Crippen molar-refractivity contribution >= 4 is 21.5 Å². The summed E-state index contributed by atoms with van der Waals surface area (Å²) in [5.74, 6) is 0.803. The highest BCUT2D eigenvalue weighted by molar-refractivity contribution is 7.90. The first-order chi connectivity index (χ1) is 11.4. The minimum atomic E-state index is -3.14. The topological polar surface area (TPSA) is 66.4 Å². The zero-order chi connectivity index (χ0) is 16.9. The third-order valence-corrected chi connectivity index (χ3v) is 5.95. The lowest BCUT2D eigenvalue weighted by Gasteiger charge is -2.57. The maximum absolute atomic E-state index is 11.6. The van der Waals surface area contributed by atoms with Crippen molar-refractivity contribution in [2.45, 2.75) is 30.3 Å². The van der Waals surface area contributed by atoms with Gasteiger partial charge in [-0.15, -0.1) is 0 Å². The number of piperidine rings is 1. The lowest BCUT2D eigenvalue weighted by atomic mass is 9.87. The molecule has 6 nitrogen and oxygen atoms in total. The Bertz CT molecular complexity index is 854. The van der Waals surface area contributed by atoms with E-state index in [0.717, 1.165) is 36.8 Å². The second-order valence-electron chi connectivity index (χ2n) is 6.62. The Morgan fingerprint density at radius 1 is 1.08 bits per heavy atom. The van der Waals surface area contributed by atoms with E-state index in [0.29, 0.717) is 17.0 Å². The van der Waals surface area contributed by atoms with Crippen molar-refractivity contribution in [3.63, 3.8) is 0 Å². The van der Waals surface area contributed by atoms with Gasteiger partial charge in [0.25, 0.3) is 0 Å². The van der Waals surface area contributed by atoms with Crippen molar-refractivity contribution in [1.29, 1.82) is 0 Å². The van der Waals surface area contributed by atoms with Crippen LogP contribution in [0.15, 0.2) is 41.4 Å². The fraction of sp³-hybridized carbons (Fsp3) is 0.412. The number of anilines is 2. The maximum atomic E-state index is 11.6. The highest BCUT2D eigenvalue weighted by Crippen LogP contribution is 2.38. The molecule has 3 saturated heterocycles. The number of hydrogen-bond donors (Lipinski definition) is 0. The van der Waals surface area contributed by atoms with Crippen LogP contribution < -0.4 is 9.80 Å². The summed E-state index contributed by atoms with van der Waals surface area (Å²) in [5, 5.41) is 0. The Labute approximate surface area is 142 Å². The molecule has 2 bridgehead atoms. The first-order valence-corrected chi connectivity index (χ1v) is 9.94. The Morgan fingerprint density at radius 3 is 2.33 bits per heavy atom. The molecule has 0 saturated carbocycles. The molecule has 0 N–H and O–H groups in total. The van der Waals surface area contributed by atoms with Crippen LogP contribution >= 0.6 is 0 Å². The molecule has 0 amide bonds. The molecule has 3 fully saturated rings. The number of nitrogens with zero attached hydrogens (tertiary/aromatic N) is 4. The van der Waals surface area contributed by atoms with E-state index in [9.17, 15) is 8.42 Å². The minimum absolute atomic E-state index is 0.367. The van der Waals surface area contributed by atoms with Gasteiger partial charge in [0.1, 0.15) is 0 Å². The van der Waals surface area contributed by atoms with Crippen LogP contribution in [-0.4, -0.2) is 49.8 Å². The van der Waals surface area contributed by atoms with Gasteiger partial charge in [0.15, 0.2) is 9.84 Å². The fourth-order valence-corrected chi connectivity index (χ4v) is 4.28. The molecular weight excluding hydrogens is 324 g/mol. The summed E-state index contributed by atoms with van der Waals surface area (Å²) < 4.78 is 23.2. The Kier molecular flexibility index (Phi) is 3.49. The largest absolute Gasteiger partial charge is 0.362 e. The van der Waals surface area contributed by atoms with Crippen molar-refractivity contribution in [3.05, 3.63) is 42.2 Å². The number of hydrogen-bond acceptors (Lipinski definition) is 6. The van der Waals surface area contributed by atoms with Crippen molar-refractivity contribution in [1.82, 2.24) is 9.97 Å². The summed E-state index contributed by atoms with van der Waals surface area (Å²) in [5.41, 5.74) is 2.07. The van der Waals surface area contributed by atoms with Gasteiger partial charge in [-0.25, -0.2) is 18.4 Å². The van der Waals surface area contributed by atoms with Gasteiger partial charge in [0.05, 0.1) is 4.90 Å². The van der Waals surface area contributed by atoms with Crippen LogP contribution in [0, 0.1) is 6.92 Å². The fourth-order valence-electron chi connectivity index (χ4n) is 3.65. The van der Waals surface area contributed by atoms with Gasteiger partial charge < -0.3 is 9.80 Å². The van der Waals surface area contributed by atoms with Gasteiger partial charge in [-0.2, -0.15) is 0 Å². The second-order valence-corrected chi connectivity index (χ2v) is 8.64. The predicted octanol–water partition coefficient (Wildman–Crippen LogP) is 1.66. The first-order valence-electron chi connectivity index (χ1n) is 8.05. The molecule has 0 spiro atoms. The molecule has 4 heterocycles. The average Bonchev–Trinajstić information content (AvgIpc) is 2.54. The van der Waals surface area contributed by atoms with E-state index in [2.05, 4.69) is 19.8 Å². The molecule has 24 heavy (non-hydrogen) atoms. The molecule has 5 rings (SSSR count). The molecule has 2 unspecified atom stereocenters. The summed E-state index contributed by atoms with van der Waals surface area (Å²) in [6.45, 7) is 3.77. The van der Waals surface area contributed by atoms with Crippen LogP contribution in [0.2, 0.25) is 0 Å². The SMILES string of the molecule is Cc1ccnc(N2CC3CC(C2)N3c2ccc(S(C)(=O)=O)cc2)n1. The van der Waals surface area contributed by atoms with E-state index in [1.165, 1.54) is 6.26 Å². The normalized spacial score (nSPS) is 23.1. The zero-order valence-electron chi connectivity index (χ0n) is 13.8. The Morgan fingerprint density at radius 2 is 1.75 bits per heavy atom. The number of rotatable bonds is 3. The number of sulfone groups is 1. The van der Waals surface area contributed by atoms with Gasteiger partial charge >= 0.3 is 0 Å². The zero-order valence-corrected chi connectivity index (χ0v) is 14.6. The van der Waals surface area contributed by atoms with Crippen LogP contribution in [0.25, 0.3) is 0 Å². The summed E-state index contributed by atoms with van der Waals surface area (Å²) in [6, 6.07) is 9.97. The monoisotopic (exact) mass is 344 g/mol. The quantitative estimate of drug-likeness (QED) is 0.844. The summed E-state index contributed by atoms with van der Waals surface area (Å²) in [7, 11) is -3.14. The summed E-state index contributed by atoms with van der Waals surface area (Å²) >= 11 is 0. The van der Waals surface area contributed by atoms with E-state index in [1.54, 1.807) is 18.3 Å². The molecule has 0 aliphatic carbocycles.